The molecule has 0 fully saturated rings. The molecule has 176 valence electrons. The molecule has 1 aromatic heterocycles. The number of ether oxygens (including phenoxy) is 2. The first kappa shape index (κ1) is 22.0. The Balaban J connectivity index is 1.25. The molecule has 2 aliphatic heterocycles. The van der Waals surface area contributed by atoms with E-state index in [-0.39, 0.29) is 6.04 Å². The van der Waals surface area contributed by atoms with Crippen LogP contribution in [0.1, 0.15) is 22.9 Å². The molecule has 2 aromatic carbocycles. The van der Waals surface area contributed by atoms with Crippen molar-refractivity contribution in [3.05, 3.63) is 77.6 Å². The van der Waals surface area contributed by atoms with E-state index in [4.69, 9.17) is 9.47 Å². The summed E-state index contributed by atoms with van der Waals surface area (Å²) < 4.78 is 13.1. The van der Waals surface area contributed by atoms with Crippen LogP contribution in [0.4, 0.5) is 5.69 Å². The normalized spacial score (nSPS) is 15.8. The molecule has 0 radical (unpaired) electrons. The van der Waals surface area contributed by atoms with Crippen LogP contribution < -0.4 is 20.1 Å². The van der Waals surface area contributed by atoms with Crippen molar-refractivity contribution in [2.75, 3.05) is 31.6 Å². The van der Waals surface area contributed by atoms with Gasteiger partial charge in [0.1, 0.15) is 13.2 Å². The first-order valence-corrected chi connectivity index (χ1v) is 11.5. The summed E-state index contributed by atoms with van der Waals surface area (Å²) in [6, 6.07) is 17.5. The van der Waals surface area contributed by atoms with Crippen molar-refractivity contribution >= 4 is 17.5 Å². The van der Waals surface area contributed by atoms with E-state index in [9.17, 15) is 9.59 Å². The van der Waals surface area contributed by atoms with Crippen LogP contribution in [0.15, 0.2) is 60.8 Å². The third-order valence-electron chi connectivity index (χ3n) is 6.39. The van der Waals surface area contributed by atoms with Gasteiger partial charge in [0, 0.05) is 50.3 Å². The fraction of sp³-hybridized carbons (Fsp3) is 0.308. The molecule has 0 saturated carbocycles. The Morgan fingerprint density at radius 1 is 0.971 bits per heavy atom. The number of carbonyl (C=O) groups excluding carboxylic acids is 2. The van der Waals surface area contributed by atoms with E-state index in [0.717, 1.165) is 25.2 Å². The second-order valence-electron chi connectivity index (χ2n) is 8.57. The number of benzene rings is 2. The Morgan fingerprint density at radius 3 is 2.56 bits per heavy atom. The van der Waals surface area contributed by atoms with Crippen LogP contribution >= 0.6 is 0 Å². The van der Waals surface area contributed by atoms with Gasteiger partial charge in [-0.3, -0.25) is 14.5 Å². The van der Waals surface area contributed by atoms with Crippen LogP contribution in [-0.2, 0) is 29.6 Å². The summed E-state index contributed by atoms with van der Waals surface area (Å²) in [4.78, 5) is 27.6. The maximum atomic E-state index is 12.7. The van der Waals surface area contributed by atoms with Gasteiger partial charge in [-0.2, -0.15) is 0 Å². The maximum Gasteiger partial charge on any atom is 0.313 e. The number of nitrogens with zero attached hydrogens (tertiary/aromatic N) is 2. The summed E-state index contributed by atoms with van der Waals surface area (Å²) in [6.07, 6.45) is 2.95. The average Bonchev–Trinajstić information content (AvgIpc) is 3.29. The van der Waals surface area contributed by atoms with E-state index in [1.807, 2.05) is 19.3 Å². The summed E-state index contributed by atoms with van der Waals surface area (Å²) in [5, 5.41) is 5.49. The Kier molecular flexibility index (Phi) is 6.22. The van der Waals surface area contributed by atoms with Crippen molar-refractivity contribution in [2.45, 2.75) is 19.0 Å². The van der Waals surface area contributed by atoms with Crippen LogP contribution in [0.2, 0.25) is 0 Å². The summed E-state index contributed by atoms with van der Waals surface area (Å²) in [6.45, 7) is 2.95. The van der Waals surface area contributed by atoms with Crippen molar-refractivity contribution in [3.8, 4) is 11.5 Å². The standard InChI is InChI=1S/C26H28N4O4/c1-29-11-4-7-21(29)22(30-12-10-18-5-2-3-6-19(18)17-30)16-27-25(31)26(32)28-20-8-9-23-24(15-20)34-14-13-33-23/h2-9,11,15,22H,10,12-14,16-17H2,1H3,(H,27,31)(H,28,32). The minimum atomic E-state index is -0.716. The zero-order chi connectivity index (χ0) is 23.5. The van der Waals surface area contributed by atoms with Gasteiger partial charge >= 0.3 is 11.8 Å². The van der Waals surface area contributed by atoms with Crippen molar-refractivity contribution in [3.63, 3.8) is 0 Å². The zero-order valence-electron chi connectivity index (χ0n) is 19.1. The third kappa shape index (κ3) is 4.63. The molecule has 0 bridgehead atoms. The molecular weight excluding hydrogens is 432 g/mol. The fourth-order valence-corrected chi connectivity index (χ4v) is 4.60. The van der Waals surface area contributed by atoms with Crippen molar-refractivity contribution in [1.29, 1.82) is 0 Å². The lowest BCUT2D eigenvalue weighted by Crippen LogP contribution is -2.44. The van der Waals surface area contributed by atoms with Gasteiger partial charge in [-0.05, 0) is 41.8 Å². The number of nitrogens with one attached hydrogen (secondary N) is 2. The number of anilines is 1. The van der Waals surface area contributed by atoms with Crippen LogP contribution in [0.5, 0.6) is 11.5 Å². The van der Waals surface area contributed by atoms with Gasteiger partial charge in [-0.15, -0.1) is 0 Å². The molecule has 0 spiro atoms. The van der Waals surface area contributed by atoms with E-state index in [2.05, 4.69) is 50.4 Å². The van der Waals surface area contributed by atoms with Gasteiger partial charge in [0.25, 0.3) is 0 Å². The Bertz CT molecular complexity index is 1210. The molecule has 8 heteroatoms. The predicted octanol–water partition coefficient (Wildman–Crippen LogP) is 2.65. The molecule has 3 aromatic rings. The molecule has 2 N–H and O–H groups in total. The lowest BCUT2D eigenvalue weighted by Gasteiger charge is -2.36. The Labute approximate surface area is 198 Å². The summed E-state index contributed by atoms with van der Waals surface area (Å²) in [5.74, 6) is -0.210. The van der Waals surface area contributed by atoms with Crippen molar-refractivity contribution < 1.29 is 19.1 Å². The predicted molar refractivity (Wildman–Crippen MR) is 128 cm³/mol. The van der Waals surface area contributed by atoms with Crippen LogP contribution in [0.3, 0.4) is 0 Å². The van der Waals surface area contributed by atoms with Gasteiger partial charge in [0.15, 0.2) is 11.5 Å². The number of hydrogen-bond acceptors (Lipinski definition) is 5. The lowest BCUT2D eigenvalue weighted by molar-refractivity contribution is -0.136. The van der Waals surface area contributed by atoms with E-state index in [1.165, 1.54) is 11.1 Å². The molecule has 3 heterocycles. The number of amides is 2. The highest BCUT2D eigenvalue weighted by Crippen LogP contribution is 2.32. The van der Waals surface area contributed by atoms with Crippen molar-refractivity contribution in [2.24, 2.45) is 7.05 Å². The molecule has 1 atom stereocenters. The van der Waals surface area contributed by atoms with E-state index in [0.29, 0.717) is 36.9 Å². The number of rotatable bonds is 5. The average molecular weight is 461 g/mol. The first-order valence-electron chi connectivity index (χ1n) is 11.5. The van der Waals surface area contributed by atoms with E-state index < -0.39 is 11.8 Å². The second-order valence-corrected chi connectivity index (χ2v) is 8.57. The van der Waals surface area contributed by atoms with Crippen LogP contribution in [0, 0.1) is 0 Å². The van der Waals surface area contributed by atoms with Gasteiger partial charge in [0.2, 0.25) is 0 Å². The first-order chi connectivity index (χ1) is 16.6. The lowest BCUT2D eigenvalue weighted by atomic mass is 9.98. The number of aryl methyl sites for hydroxylation is 1. The molecule has 2 amide bonds. The number of fused-ring (bicyclic) bond motifs is 2. The summed E-state index contributed by atoms with van der Waals surface area (Å²) in [5.41, 5.74) is 4.24. The summed E-state index contributed by atoms with van der Waals surface area (Å²) in [7, 11) is 2.00. The molecule has 0 saturated heterocycles. The second kappa shape index (κ2) is 9.61. The van der Waals surface area contributed by atoms with Gasteiger partial charge < -0.3 is 24.7 Å². The Morgan fingerprint density at radius 2 is 1.76 bits per heavy atom. The highest BCUT2D eigenvalue weighted by Gasteiger charge is 2.27. The smallest absolute Gasteiger partial charge is 0.313 e. The molecular formula is C26H28N4O4. The SMILES string of the molecule is Cn1cccc1C(CNC(=O)C(=O)Nc1ccc2c(c1)OCCO2)N1CCc2ccccc2C1. The van der Waals surface area contributed by atoms with E-state index >= 15 is 0 Å². The van der Waals surface area contributed by atoms with Crippen LogP contribution in [0.25, 0.3) is 0 Å². The highest BCUT2D eigenvalue weighted by molar-refractivity contribution is 6.39. The molecule has 1 unspecified atom stereocenters. The van der Waals surface area contributed by atoms with Crippen LogP contribution in [-0.4, -0.2) is 47.6 Å². The summed E-state index contributed by atoms with van der Waals surface area (Å²) >= 11 is 0. The number of carbonyl (C=O) groups is 2. The third-order valence-corrected chi connectivity index (χ3v) is 6.39. The zero-order valence-corrected chi connectivity index (χ0v) is 19.1. The maximum absolute atomic E-state index is 12.7. The van der Waals surface area contributed by atoms with Gasteiger partial charge in [-0.1, -0.05) is 24.3 Å². The number of aromatic nitrogens is 1. The minimum absolute atomic E-state index is 0.0561. The van der Waals surface area contributed by atoms with E-state index in [1.54, 1.807) is 18.2 Å². The number of hydrogen-bond donors (Lipinski definition) is 2. The molecule has 8 nitrogen and oxygen atoms in total. The molecule has 2 aliphatic rings. The minimum Gasteiger partial charge on any atom is -0.486 e. The Hall–Kier alpha value is -3.78. The molecule has 5 rings (SSSR count). The highest BCUT2D eigenvalue weighted by atomic mass is 16.6. The largest absolute Gasteiger partial charge is 0.486 e. The molecule has 0 aliphatic carbocycles. The van der Waals surface area contributed by atoms with Gasteiger partial charge in [-0.25, -0.2) is 0 Å². The van der Waals surface area contributed by atoms with Gasteiger partial charge in [0.05, 0.1) is 6.04 Å². The fourth-order valence-electron chi connectivity index (χ4n) is 4.60. The molecule has 34 heavy (non-hydrogen) atoms. The van der Waals surface area contributed by atoms with Crippen molar-refractivity contribution in [1.82, 2.24) is 14.8 Å². The topological polar surface area (TPSA) is 84.8 Å². The quantitative estimate of drug-likeness (QED) is 0.572. The monoisotopic (exact) mass is 460 g/mol.